The standard InChI is InChI=1S/C16H17BrN2O2/c1-19(10-11-4-3-5-13(18)8-11)16(20)14-7-6-12(17)9-15(14)21-2/h3-9H,10,18H2,1-2H3. The molecule has 0 aliphatic rings. The maximum absolute atomic E-state index is 12.5. The highest BCUT2D eigenvalue weighted by atomic mass is 79.9. The number of benzene rings is 2. The summed E-state index contributed by atoms with van der Waals surface area (Å²) in [6.45, 7) is 0.489. The minimum absolute atomic E-state index is 0.0956. The molecule has 0 aromatic heterocycles. The van der Waals surface area contributed by atoms with E-state index in [-0.39, 0.29) is 5.91 Å². The van der Waals surface area contributed by atoms with Crippen molar-refractivity contribution < 1.29 is 9.53 Å². The molecule has 2 rings (SSSR count). The lowest BCUT2D eigenvalue weighted by molar-refractivity contribution is 0.0781. The number of hydrogen-bond donors (Lipinski definition) is 1. The molecule has 2 aromatic rings. The van der Waals surface area contributed by atoms with Gasteiger partial charge < -0.3 is 15.4 Å². The second kappa shape index (κ2) is 6.63. The molecule has 4 nitrogen and oxygen atoms in total. The first-order valence-electron chi connectivity index (χ1n) is 6.44. The molecule has 0 unspecified atom stereocenters. The van der Waals surface area contributed by atoms with Gasteiger partial charge in [0.15, 0.2) is 0 Å². The van der Waals surface area contributed by atoms with Crippen LogP contribution in [0.15, 0.2) is 46.9 Å². The highest BCUT2D eigenvalue weighted by Crippen LogP contribution is 2.25. The topological polar surface area (TPSA) is 55.6 Å². The van der Waals surface area contributed by atoms with Crippen molar-refractivity contribution in [3.63, 3.8) is 0 Å². The van der Waals surface area contributed by atoms with Crippen molar-refractivity contribution in [3.8, 4) is 5.75 Å². The highest BCUT2D eigenvalue weighted by molar-refractivity contribution is 9.10. The lowest BCUT2D eigenvalue weighted by Gasteiger charge is -2.19. The van der Waals surface area contributed by atoms with Crippen LogP contribution < -0.4 is 10.5 Å². The molecule has 5 heteroatoms. The quantitative estimate of drug-likeness (QED) is 0.862. The third-order valence-corrected chi connectivity index (χ3v) is 3.60. The molecule has 1 amide bonds. The van der Waals surface area contributed by atoms with Crippen molar-refractivity contribution >= 4 is 27.5 Å². The molecule has 0 saturated carbocycles. The van der Waals surface area contributed by atoms with E-state index in [1.165, 1.54) is 0 Å². The molecule has 0 spiro atoms. The molecule has 0 aliphatic carbocycles. The largest absolute Gasteiger partial charge is 0.496 e. The Labute approximate surface area is 132 Å². The fourth-order valence-corrected chi connectivity index (χ4v) is 2.42. The zero-order chi connectivity index (χ0) is 15.4. The van der Waals surface area contributed by atoms with Crippen LogP contribution in [0.4, 0.5) is 5.69 Å². The van der Waals surface area contributed by atoms with E-state index in [1.807, 2.05) is 30.3 Å². The van der Waals surface area contributed by atoms with Gasteiger partial charge in [-0.1, -0.05) is 28.1 Å². The van der Waals surface area contributed by atoms with Crippen LogP contribution in [0.25, 0.3) is 0 Å². The van der Waals surface area contributed by atoms with Crippen molar-refractivity contribution in [2.45, 2.75) is 6.54 Å². The number of methoxy groups -OCH3 is 1. The smallest absolute Gasteiger partial charge is 0.257 e. The number of halogens is 1. The first kappa shape index (κ1) is 15.4. The summed E-state index contributed by atoms with van der Waals surface area (Å²) in [5, 5.41) is 0. The fourth-order valence-electron chi connectivity index (χ4n) is 2.08. The molecule has 110 valence electrons. The minimum Gasteiger partial charge on any atom is -0.496 e. The number of rotatable bonds is 4. The number of amides is 1. The minimum atomic E-state index is -0.0956. The molecule has 21 heavy (non-hydrogen) atoms. The van der Waals surface area contributed by atoms with Gasteiger partial charge in [0.25, 0.3) is 5.91 Å². The van der Waals surface area contributed by atoms with E-state index >= 15 is 0 Å². The van der Waals surface area contributed by atoms with E-state index in [4.69, 9.17) is 10.5 Å². The number of carbonyl (C=O) groups is 1. The predicted octanol–water partition coefficient (Wildman–Crippen LogP) is 3.31. The Morgan fingerprint density at radius 2 is 2.05 bits per heavy atom. The van der Waals surface area contributed by atoms with Gasteiger partial charge in [-0.3, -0.25) is 4.79 Å². The SMILES string of the molecule is COc1cc(Br)ccc1C(=O)N(C)Cc1cccc(N)c1. The predicted molar refractivity (Wildman–Crippen MR) is 87.3 cm³/mol. The van der Waals surface area contributed by atoms with Crippen molar-refractivity contribution in [3.05, 3.63) is 58.1 Å². The number of ether oxygens (including phenoxy) is 1. The molecular formula is C16H17BrN2O2. The molecular weight excluding hydrogens is 332 g/mol. The summed E-state index contributed by atoms with van der Waals surface area (Å²) in [6, 6.07) is 12.9. The fraction of sp³-hybridized carbons (Fsp3) is 0.188. The molecule has 0 saturated heterocycles. The van der Waals surface area contributed by atoms with Gasteiger partial charge >= 0.3 is 0 Å². The Morgan fingerprint density at radius 1 is 1.29 bits per heavy atom. The summed E-state index contributed by atoms with van der Waals surface area (Å²) in [5.74, 6) is 0.454. The van der Waals surface area contributed by atoms with Gasteiger partial charge in [0.05, 0.1) is 12.7 Å². The zero-order valence-electron chi connectivity index (χ0n) is 12.0. The number of hydrogen-bond acceptors (Lipinski definition) is 3. The molecule has 0 bridgehead atoms. The Balaban J connectivity index is 2.19. The van der Waals surface area contributed by atoms with Gasteiger partial charge in [-0.2, -0.15) is 0 Å². The molecule has 2 aromatic carbocycles. The Morgan fingerprint density at radius 3 is 2.71 bits per heavy atom. The van der Waals surface area contributed by atoms with Gasteiger partial charge in [-0.25, -0.2) is 0 Å². The summed E-state index contributed by atoms with van der Waals surface area (Å²) in [6.07, 6.45) is 0. The van der Waals surface area contributed by atoms with Gasteiger partial charge in [0, 0.05) is 23.8 Å². The monoisotopic (exact) mass is 348 g/mol. The lowest BCUT2D eigenvalue weighted by atomic mass is 10.1. The number of nitrogens with two attached hydrogens (primary N) is 1. The van der Waals surface area contributed by atoms with Crippen molar-refractivity contribution in [2.75, 3.05) is 19.9 Å². The van der Waals surface area contributed by atoms with Crippen LogP contribution in [0.5, 0.6) is 5.75 Å². The Hall–Kier alpha value is -2.01. The van der Waals surface area contributed by atoms with Crippen LogP contribution in [0.3, 0.4) is 0 Å². The molecule has 0 aliphatic heterocycles. The molecule has 0 heterocycles. The summed E-state index contributed by atoms with van der Waals surface area (Å²) in [5.41, 5.74) is 7.97. The molecule has 0 fully saturated rings. The van der Waals surface area contributed by atoms with Gasteiger partial charge in [0.2, 0.25) is 0 Å². The van der Waals surface area contributed by atoms with Gasteiger partial charge in [-0.15, -0.1) is 0 Å². The van der Waals surface area contributed by atoms with Crippen LogP contribution in [0.2, 0.25) is 0 Å². The second-order valence-corrected chi connectivity index (χ2v) is 5.67. The Kier molecular flexibility index (Phi) is 4.85. The third-order valence-electron chi connectivity index (χ3n) is 3.11. The van der Waals surface area contributed by atoms with Crippen molar-refractivity contribution in [1.82, 2.24) is 4.90 Å². The Bertz CT molecular complexity index is 658. The number of nitrogens with zero attached hydrogens (tertiary/aromatic N) is 1. The van der Waals surface area contributed by atoms with E-state index in [0.29, 0.717) is 23.5 Å². The lowest BCUT2D eigenvalue weighted by Crippen LogP contribution is -2.26. The second-order valence-electron chi connectivity index (χ2n) is 4.75. The normalized spacial score (nSPS) is 10.2. The van der Waals surface area contributed by atoms with Gasteiger partial charge in [-0.05, 0) is 35.9 Å². The van der Waals surface area contributed by atoms with E-state index in [0.717, 1.165) is 10.0 Å². The zero-order valence-corrected chi connectivity index (χ0v) is 13.6. The first-order chi connectivity index (χ1) is 10.0. The van der Waals surface area contributed by atoms with Crippen LogP contribution in [0, 0.1) is 0 Å². The van der Waals surface area contributed by atoms with Crippen molar-refractivity contribution in [2.24, 2.45) is 0 Å². The third kappa shape index (κ3) is 3.76. The van der Waals surface area contributed by atoms with E-state index in [2.05, 4.69) is 15.9 Å². The van der Waals surface area contributed by atoms with Gasteiger partial charge in [0.1, 0.15) is 5.75 Å². The maximum Gasteiger partial charge on any atom is 0.257 e. The van der Waals surface area contributed by atoms with Crippen LogP contribution in [-0.4, -0.2) is 25.0 Å². The highest BCUT2D eigenvalue weighted by Gasteiger charge is 2.17. The van der Waals surface area contributed by atoms with Crippen molar-refractivity contribution in [1.29, 1.82) is 0 Å². The summed E-state index contributed by atoms with van der Waals surface area (Å²) in [4.78, 5) is 14.2. The molecule has 2 N–H and O–H groups in total. The average Bonchev–Trinajstić information content (AvgIpc) is 2.46. The van der Waals surface area contributed by atoms with E-state index in [9.17, 15) is 4.79 Å². The number of anilines is 1. The summed E-state index contributed by atoms with van der Waals surface area (Å²) >= 11 is 3.37. The number of nitrogen functional groups attached to an aromatic ring is 1. The number of carbonyl (C=O) groups excluding carboxylic acids is 1. The maximum atomic E-state index is 12.5. The van der Waals surface area contributed by atoms with E-state index < -0.39 is 0 Å². The molecule has 0 radical (unpaired) electrons. The summed E-state index contributed by atoms with van der Waals surface area (Å²) in [7, 11) is 3.31. The average molecular weight is 349 g/mol. The summed E-state index contributed by atoms with van der Waals surface area (Å²) < 4.78 is 6.14. The molecule has 0 atom stereocenters. The van der Waals surface area contributed by atoms with Crippen LogP contribution >= 0.6 is 15.9 Å². The first-order valence-corrected chi connectivity index (χ1v) is 7.24. The van der Waals surface area contributed by atoms with E-state index in [1.54, 1.807) is 31.2 Å². The van der Waals surface area contributed by atoms with Crippen LogP contribution in [0.1, 0.15) is 15.9 Å². The van der Waals surface area contributed by atoms with Crippen LogP contribution in [-0.2, 0) is 6.54 Å².